The van der Waals surface area contributed by atoms with Gasteiger partial charge in [-0.25, -0.2) is 18.2 Å². The number of fused-ring (bicyclic) bond motifs is 2. The van der Waals surface area contributed by atoms with Crippen LogP contribution in [0.2, 0.25) is 0 Å². The molecule has 2 N–H and O–H groups in total. The number of thioether (sulfide) groups is 1. The van der Waals surface area contributed by atoms with Gasteiger partial charge in [0.05, 0.1) is 0 Å². The maximum Gasteiger partial charge on any atom is 0.241 e. The third kappa shape index (κ3) is 3.24. The van der Waals surface area contributed by atoms with Gasteiger partial charge in [0.1, 0.15) is 27.4 Å². The minimum Gasteiger partial charge on any atom is -0.330 e. The first kappa shape index (κ1) is 20.0. The van der Waals surface area contributed by atoms with Crippen molar-refractivity contribution in [2.75, 3.05) is 6.54 Å². The minimum atomic E-state index is -1.05. The monoisotopic (exact) mass is 419 g/mol. The predicted molar refractivity (Wildman–Crippen MR) is 107 cm³/mol. The third-order valence-electron chi connectivity index (χ3n) is 5.50. The van der Waals surface area contributed by atoms with E-state index in [1.807, 2.05) is 0 Å². The molecule has 2 aromatic rings. The Morgan fingerprint density at radius 2 is 1.97 bits per heavy atom. The van der Waals surface area contributed by atoms with Crippen LogP contribution in [0.15, 0.2) is 41.5 Å². The number of hydrogen-bond acceptors (Lipinski definition) is 4. The zero-order valence-electron chi connectivity index (χ0n) is 15.8. The van der Waals surface area contributed by atoms with Crippen LogP contribution in [-0.4, -0.2) is 22.5 Å². The molecule has 0 bridgehead atoms. The second-order valence-electron chi connectivity index (χ2n) is 7.27. The minimum absolute atomic E-state index is 0.0202. The van der Waals surface area contributed by atoms with E-state index in [4.69, 9.17) is 5.73 Å². The van der Waals surface area contributed by atoms with Crippen molar-refractivity contribution in [1.29, 1.82) is 0 Å². The number of hydrogen-bond donors (Lipinski definition) is 1. The molecule has 4 rings (SSSR count). The molecule has 2 aromatic carbocycles. The summed E-state index contributed by atoms with van der Waals surface area (Å²) in [6, 6.07) is 7.64. The number of hydrazone groups is 1. The molecular weight excluding hydrogens is 399 g/mol. The first-order valence-electron chi connectivity index (χ1n) is 9.39. The van der Waals surface area contributed by atoms with Gasteiger partial charge in [0, 0.05) is 12.5 Å². The molecule has 1 amide bonds. The fraction of sp³-hybridized carbons (Fsp3) is 0.333. The number of carbonyl (C=O) groups excluding carboxylic acids is 1. The Kier molecular flexibility index (Phi) is 5.16. The Balaban J connectivity index is 1.91. The number of halogens is 3. The lowest BCUT2D eigenvalue weighted by molar-refractivity contribution is -0.134. The average Bonchev–Trinajstić information content (AvgIpc) is 3.08. The highest BCUT2D eigenvalue weighted by Crippen LogP contribution is 2.57. The highest BCUT2D eigenvalue weighted by Gasteiger charge is 2.55. The van der Waals surface area contributed by atoms with Gasteiger partial charge in [-0.15, -0.1) is 0 Å². The van der Waals surface area contributed by atoms with Crippen molar-refractivity contribution >= 4 is 22.7 Å². The summed E-state index contributed by atoms with van der Waals surface area (Å²) < 4.78 is 42.5. The first-order chi connectivity index (χ1) is 13.9. The molecule has 1 aliphatic heterocycles. The average molecular weight is 419 g/mol. The van der Waals surface area contributed by atoms with Gasteiger partial charge >= 0.3 is 0 Å². The number of amides is 1. The summed E-state index contributed by atoms with van der Waals surface area (Å²) in [7, 11) is 0. The number of benzene rings is 2. The fourth-order valence-electron chi connectivity index (χ4n) is 4.26. The molecule has 8 heteroatoms. The lowest BCUT2D eigenvalue weighted by Crippen LogP contribution is -2.49. The topological polar surface area (TPSA) is 58.7 Å². The Morgan fingerprint density at radius 3 is 2.69 bits per heavy atom. The van der Waals surface area contributed by atoms with Crippen molar-refractivity contribution in [3.8, 4) is 0 Å². The Morgan fingerprint density at radius 1 is 1.24 bits per heavy atom. The van der Waals surface area contributed by atoms with E-state index in [1.54, 1.807) is 6.07 Å². The van der Waals surface area contributed by atoms with Crippen LogP contribution in [0.5, 0.6) is 0 Å². The van der Waals surface area contributed by atoms with Crippen LogP contribution in [0.1, 0.15) is 36.5 Å². The molecule has 1 heterocycles. The second kappa shape index (κ2) is 7.50. The fourth-order valence-corrected chi connectivity index (χ4v) is 5.90. The van der Waals surface area contributed by atoms with Crippen molar-refractivity contribution in [2.45, 2.75) is 31.1 Å². The number of nitrogens with zero attached hydrogens (tertiary/aromatic N) is 2. The predicted octanol–water partition coefficient (Wildman–Crippen LogP) is 4.13. The maximum atomic E-state index is 14.5. The normalized spacial score (nSPS) is 23.3. The zero-order chi connectivity index (χ0) is 20.8. The molecule has 0 saturated heterocycles. The van der Waals surface area contributed by atoms with E-state index in [0.29, 0.717) is 18.5 Å². The van der Waals surface area contributed by atoms with Crippen molar-refractivity contribution in [3.63, 3.8) is 0 Å². The van der Waals surface area contributed by atoms with Crippen LogP contribution in [0.25, 0.3) is 0 Å². The number of aryl methyl sites for hydroxylation is 1. The molecule has 0 radical (unpaired) electrons. The van der Waals surface area contributed by atoms with E-state index >= 15 is 0 Å². The summed E-state index contributed by atoms with van der Waals surface area (Å²) in [6.07, 6.45) is 2.03. The Hall–Kier alpha value is -2.32. The molecule has 2 aliphatic rings. The van der Waals surface area contributed by atoms with Crippen molar-refractivity contribution < 1.29 is 18.0 Å². The van der Waals surface area contributed by atoms with Crippen LogP contribution in [0.4, 0.5) is 13.2 Å². The van der Waals surface area contributed by atoms with Crippen LogP contribution < -0.4 is 5.73 Å². The molecule has 0 aromatic heterocycles. The van der Waals surface area contributed by atoms with Gasteiger partial charge < -0.3 is 5.73 Å². The Bertz CT molecular complexity index is 1010. The van der Waals surface area contributed by atoms with Crippen molar-refractivity contribution in [2.24, 2.45) is 16.8 Å². The van der Waals surface area contributed by atoms with Gasteiger partial charge in [-0.05, 0) is 73.2 Å². The van der Waals surface area contributed by atoms with Crippen molar-refractivity contribution in [3.05, 3.63) is 70.5 Å². The second-order valence-corrected chi connectivity index (χ2v) is 8.49. The number of rotatable bonds is 3. The largest absolute Gasteiger partial charge is 0.330 e. The van der Waals surface area contributed by atoms with Crippen LogP contribution in [0, 0.1) is 23.4 Å². The van der Waals surface area contributed by atoms with E-state index in [9.17, 15) is 18.0 Å². The van der Waals surface area contributed by atoms with Crippen LogP contribution in [0.3, 0.4) is 0 Å². The molecule has 1 spiro atoms. The molecule has 4 nitrogen and oxygen atoms in total. The van der Waals surface area contributed by atoms with E-state index in [2.05, 4.69) is 5.10 Å². The van der Waals surface area contributed by atoms with E-state index in [-0.39, 0.29) is 22.4 Å². The lowest BCUT2D eigenvalue weighted by atomic mass is 9.77. The van der Waals surface area contributed by atoms with Gasteiger partial charge in [0.15, 0.2) is 0 Å². The highest BCUT2D eigenvalue weighted by atomic mass is 32.2. The Labute approximate surface area is 171 Å². The van der Waals surface area contributed by atoms with E-state index in [1.165, 1.54) is 35.8 Å². The van der Waals surface area contributed by atoms with Gasteiger partial charge in [-0.2, -0.15) is 5.10 Å². The molecule has 1 aliphatic carbocycles. The van der Waals surface area contributed by atoms with E-state index in [0.717, 1.165) is 36.6 Å². The summed E-state index contributed by atoms with van der Waals surface area (Å²) >= 11 is 1.17. The third-order valence-corrected chi connectivity index (χ3v) is 7.04. The molecule has 152 valence electrons. The highest BCUT2D eigenvalue weighted by molar-refractivity contribution is 8.15. The molecule has 0 fully saturated rings. The SMILES string of the molecule is CC(=O)N1N=C(c2cc(F)ccc2F)S[C@]12c1cc(F)ccc1CC[C@@H]2CCN. The summed E-state index contributed by atoms with van der Waals surface area (Å²) in [5, 5.41) is 5.88. The standard InChI is InChI=1S/C21H20F3N3OS/c1-12(28)27-21(29-20(26-27)17-10-15(22)6-7-19(17)24)14(8-9-25)4-2-13-3-5-16(23)11-18(13)21/h3,5-7,10-11,14H,2,4,8-9,25H2,1H3/t14-,21-/m1/s1. The summed E-state index contributed by atoms with van der Waals surface area (Å²) in [5.41, 5.74) is 7.37. The smallest absolute Gasteiger partial charge is 0.241 e. The quantitative estimate of drug-likeness (QED) is 0.814. The molecule has 29 heavy (non-hydrogen) atoms. The van der Waals surface area contributed by atoms with Gasteiger partial charge in [0.25, 0.3) is 0 Å². The summed E-state index contributed by atoms with van der Waals surface area (Å²) in [5.74, 6) is -2.14. The number of nitrogens with two attached hydrogens (primary N) is 1. The molecule has 2 atom stereocenters. The summed E-state index contributed by atoms with van der Waals surface area (Å²) in [4.78, 5) is 11.6. The molecular formula is C21H20F3N3OS. The molecule has 0 saturated carbocycles. The van der Waals surface area contributed by atoms with Gasteiger partial charge in [0.2, 0.25) is 5.91 Å². The number of carbonyl (C=O) groups is 1. The van der Waals surface area contributed by atoms with Crippen LogP contribution in [-0.2, 0) is 16.1 Å². The zero-order valence-corrected chi connectivity index (χ0v) is 16.6. The summed E-state index contributed by atoms with van der Waals surface area (Å²) in [6.45, 7) is 1.75. The molecule has 0 unspecified atom stereocenters. The van der Waals surface area contributed by atoms with Gasteiger partial charge in [-0.3, -0.25) is 4.79 Å². The maximum absolute atomic E-state index is 14.5. The first-order valence-corrected chi connectivity index (χ1v) is 10.2. The van der Waals surface area contributed by atoms with Gasteiger partial charge in [-0.1, -0.05) is 17.8 Å². The van der Waals surface area contributed by atoms with E-state index < -0.39 is 22.3 Å². The lowest BCUT2D eigenvalue weighted by Gasteiger charge is -2.45. The van der Waals surface area contributed by atoms with Crippen LogP contribution >= 0.6 is 11.8 Å². The van der Waals surface area contributed by atoms with Crippen molar-refractivity contribution in [1.82, 2.24) is 5.01 Å².